The van der Waals surface area contributed by atoms with Crippen LogP contribution < -0.4 is 0 Å². The summed E-state index contributed by atoms with van der Waals surface area (Å²) in [4.78, 5) is 34.4. The van der Waals surface area contributed by atoms with Gasteiger partial charge in [-0.15, -0.1) is 5.06 Å². The average molecular weight is 434 g/mol. The number of carbonyl (C=O) groups is 2. The van der Waals surface area contributed by atoms with Gasteiger partial charge in [-0.1, -0.05) is 0 Å². The Morgan fingerprint density at radius 2 is 1.77 bits per heavy atom. The largest absolute Gasteiger partial charge is 0.528 e. The highest BCUT2D eigenvalue weighted by molar-refractivity contribution is 5.75. The Morgan fingerprint density at radius 3 is 2.29 bits per heavy atom. The van der Waals surface area contributed by atoms with E-state index in [0.29, 0.717) is 11.5 Å². The smallest absolute Gasteiger partial charge is 0.468 e. The van der Waals surface area contributed by atoms with Crippen LogP contribution >= 0.6 is 0 Å². The summed E-state index contributed by atoms with van der Waals surface area (Å²) < 4.78 is 11.9. The number of hydrogen-bond donors (Lipinski definition) is 1. The van der Waals surface area contributed by atoms with Crippen LogP contribution in [0.1, 0.15) is 43.4 Å². The molecular weight excluding hydrogens is 402 g/mol. The van der Waals surface area contributed by atoms with Crippen LogP contribution in [0.2, 0.25) is 0 Å². The van der Waals surface area contributed by atoms with E-state index in [2.05, 4.69) is 4.98 Å². The number of carbonyl (C=O) groups excluding carboxylic acids is 2. The highest BCUT2D eigenvalue weighted by atomic mass is 16.8. The van der Waals surface area contributed by atoms with Crippen molar-refractivity contribution in [2.75, 3.05) is 13.7 Å². The van der Waals surface area contributed by atoms with Gasteiger partial charge in [0.25, 0.3) is 0 Å². The monoisotopic (exact) mass is 433 g/mol. The number of aryl methyl sites for hydroxylation is 3. The van der Waals surface area contributed by atoms with Gasteiger partial charge in [-0.05, 0) is 71.4 Å². The number of hydroxylamine groups is 2. The van der Waals surface area contributed by atoms with Crippen molar-refractivity contribution < 1.29 is 29.0 Å². The van der Waals surface area contributed by atoms with Crippen LogP contribution in [0, 0.1) is 20.8 Å². The van der Waals surface area contributed by atoms with Crippen molar-refractivity contribution in [3.8, 4) is 5.82 Å². The van der Waals surface area contributed by atoms with Crippen LogP contribution in [0.5, 0.6) is 0 Å². The van der Waals surface area contributed by atoms with Gasteiger partial charge < -0.3 is 24.0 Å². The molecule has 0 aliphatic heterocycles. The summed E-state index contributed by atoms with van der Waals surface area (Å²) in [6.07, 6.45) is -1.00. The fourth-order valence-electron chi connectivity index (χ4n) is 3.09. The lowest BCUT2D eigenvalue weighted by molar-refractivity contribution is -0.195. The number of methoxy groups -OCH3 is 1. The summed E-state index contributed by atoms with van der Waals surface area (Å²) in [6, 6.07) is 6.51. The molecule has 0 amide bonds. The van der Waals surface area contributed by atoms with Crippen LogP contribution in [0.25, 0.3) is 5.82 Å². The van der Waals surface area contributed by atoms with Gasteiger partial charge in [0.2, 0.25) is 0 Å². The molecule has 9 nitrogen and oxygen atoms in total. The number of aliphatic hydroxyl groups excluding tert-OH is 1. The number of hydrogen-bond acceptors (Lipinski definition) is 8. The molecule has 0 aliphatic carbocycles. The third kappa shape index (κ3) is 6.53. The molecular formula is C22H31N3O6. The van der Waals surface area contributed by atoms with E-state index in [9.17, 15) is 14.7 Å². The van der Waals surface area contributed by atoms with Gasteiger partial charge in [0.15, 0.2) is 6.04 Å². The Hall–Kier alpha value is -2.91. The van der Waals surface area contributed by atoms with Gasteiger partial charge in [0.1, 0.15) is 11.4 Å². The van der Waals surface area contributed by atoms with Crippen molar-refractivity contribution >= 4 is 12.1 Å². The minimum Gasteiger partial charge on any atom is -0.468 e. The van der Waals surface area contributed by atoms with Crippen molar-refractivity contribution in [3.63, 3.8) is 0 Å². The summed E-state index contributed by atoms with van der Waals surface area (Å²) in [5, 5.41) is 10.8. The first kappa shape index (κ1) is 24.4. The molecule has 9 heteroatoms. The van der Waals surface area contributed by atoms with Crippen molar-refractivity contribution in [2.45, 2.75) is 59.7 Å². The van der Waals surface area contributed by atoms with E-state index in [1.54, 1.807) is 20.8 Å². The molecule has 0 aromatic carbocycles. The Labute approximate surface area is 182 Å². The van der Waals surface area contributed by atoms with Crippen LogP contribution in [0.4, 0.5) is 4.79 Å². The van der Waals surface area contributed by atoms with Gasteiger partial charge in [0, 0.05) is 11.4 Å². The van der Waals surface area contributed by atoms with Crippen molar-refractivity contribution in [1.29, 1.82) is 0 Å². The maximum Gasteiger partial charge on any atom is 0.528 e. The highest BCUT2D eigenvalue weighted by Gasteiger charge is 2.32. The zero-order valence-electron chi connectivity index (χ0n) is 19.1. The zero-order valence-corrected chi connectivity index (χ0v) is 19.1. The van der Waals surface area contributed by atoms with E-state index < -0.39 is 30.4 Å². The molecule has 31 heavy (non-hydrogen) atoms. The lowest BCUT2D eigenvalue weighted by Gasteiger charge is -2.28. The second-order valence-corrected chi connectivity index (χ2v) is 8.30. The Morgan fingerprint density at radius 1 is 1.16 bits per heavy atom. The highest BCUT2D eigenvalue weighted by Crippen LogP contribution is 2.19. The number of aliphatic hydroxyl groups is 1. The van der Waals surface area contributed by atoms with Crippen LogP contribution in [-0.2, 0) is 25.7 Å². The van der Waals surface area contributed by atoms with E-state index in [1.807, 2.05) is 49.6 Å². The molecule has 0 saturated carbocycles. The van der Waals surface area contributed by atoms with Crippen LogP contribution in [0.15, 0.2) is 24.3 Å². The number of nitrogens with zero attached hydrogens (tertiary/aromatic N) is 3. The van der Waals surface area contributed by atoms with E-state index in [1.165, 1.54) is 7.11 Å². The van der Waals surface area contributed by atoms with E-state index in [-0.39, 0.29) is 6.54 Å². The third-order valence-electron chi connectivity index (χ3n) is 4.40. The molecule has 0 radical (unpaired) electrons. The molecule has 0 spiro atoms. The van der Waals surface area contributed by atoms with E-state index >= 15 is 0 Å². The quantitative estimate of drug-likeness (QED) is 0.525. The van der Waals surface area contributed by atoms with Gasteiger partial charge in [-0.25, -0.2) is 9.78 Å². The minimum atomic E-state index is -1.24. The second kappa shape index (κ2) is 9.93. The fraction of sp³-hybridized carbons (Fsp3) is 0.500. The lowest BCUT2D eigenvalue weighted by Crippen LogP contribution is -2.46. The SMILES string of the molecule is COC(=O)[C@@H](CO)N(Cc1cc(C)cc(-n2c(C)ccc2C)n1)OC(=O)OC(C)(C)C. The molecule has 0 bridgehead atoms. The minimum absolute atomic E-state index is 0.0619. The molecule has 0 saturated heterocycles. The van der Waals surface area contributed by atoms with E-state index in [0.717, 1.165) is 22.0 Å². The topological polar surface area (TPSA) is 103 Å². The maximum atomic E-state index is 12.3. The normalized spacial score (nSPS) is 12.5. The predicted molar refractivity (Wildman–Crippen MR) is 114 cm³/mol. The molecule has 0 unspecified atom stereocenters. The molecule has 170 valence electrons. The number of ether oxygens (including phenoxy) is 2. The predicted octanol–water partition coefficient (Wildman–Crippen LogP) is 3.00. The van der Waals surface area contributed by atoms with Gasteiger partial charge in [-0.3, -0.25) is 4.79 Å². The second-order valence-electron chi connectivity index (χ2n) is 8.30. The summed E-state index contributed by atoms with van der Waals surface area (Å²) in [5.41, 5.74) is 2.72. The van der Waals surface area contributed by atoms with Gasteiger partial charge in [0.05, 0.1) is 26.0 Å². The average Bonchev–Trinajstić information content (AvgIpc) is 2.98. The Bertz CT molecular complexity index is 912. The van der Waals surface area contributed by atoms with Crippen LogP contribution in [-0.4, -0.2) is 57.2 Å². The number of aromatic nitrogens is 2. The third-order valence-corrected chi connectivity index (χ3v) is 4.40. The van der Waals surface area contributed by atoms with Crippen molar-refractivity contribution in [2.24, 2.45) is 0 Å². The molecule has 0 aliphatic rings. The molecule has 0 fully saturated rings. The Kier molecular flexibility index (Phi) is 7.80. The first-order chi connectivity index (χ1) is 14.4. The molecule has 2 aromatic rings. The van der Waals surface area contributed by atoms with Gasteiger partial charge in [-0.2, -0.15) is 0 Å². The first-order valence-electron chi connectivity index (χ1n) is 9.94. The molecule has 2 aromatic heterocycles. The molecule has 2 rings (SSSR count). The zero-order chi connectivity index (χ0) is 23.3. The summed E-state index contributed by atoms with van der Waals surface area (Å²) in [7, 11) is 1.19. The number of rotatable bonds is 7. The summed E-state index contributed by atoms with van der Waals surface area (Å²) in [5.74, 6) is -0.0538. The number of pyridine rings is 1. The maximum absolute atomic E-state index is 12.3. The van der Waals surface area contributed by atoms with Crippen LogP contribution in [0.3, 0.4) is 0 Å². The molecule has 1 N–H and O–H groups in total. The van der Waals surface area contributed by atoms with Crippen molar-refractivity contribution in [1.82, 2.24) is 14.6 Å². The van der Waals surface area contributed by atoms with E-state index in [4.69, 9.17) is 14.3 Å². The standard InChI is InChI=1S/C22H31N3O6/c1-14-10-17(23-19(11-14)25-15(2)8-9-16(25)3)12-24(18(13-26)20(27)29-7)31-21(28)30-22(4,5)6/h8-11,18,26H,12-13H2,1-7H3/t18-/m1/s1. The Balaban J connectivity index is 2.39. The lowest BCUT2D eigenvalue weighted by atomic mass is 10.2. The molecule has 2 heterocycles. The first-order valence-corrected chi connectivity index (χ1v) is 9.94. The molecule has 1 atom stereocenters. The summed E-state index contributed by atoms with van der Waals surface area (Å²) >= 11 is 0. The number of esters is 1. The fourth-order valence-corrected chi connectivity index (χ4v) is 3.09. The summed E-state index contributed by atoms with van der Waals surface area (Å²) in [6.45, 7) is 10.3. The van der Waals surface area contributed by atoms with Crippen molar-refractivity contribution in [3.05, 3.63) is 46.9 Å². The van der Waals surface area contributed by atoms with Gasteiger partial charge >= 0.3 is 12.1 Å².